The molecule has 1 amide bonds. The first-order valence-corrected chi connectivity index (χ1v) is 9.62. The van der Waals surface area contributed by atoms with E-state index in [1.54, 1.807) is 11.3 Å². The van der Waals surface area contributed by atoms with Crippen LogP contribution >= 0.6 is 22.7 Å². The van der Waals surface area contributed by atoms with E-state index in [2.05, 4.69) is 5.32 Å². The topological polar surface area (TPSA) is 58.6 Å². The second-order valence-corrected chi connectivity index (χ2v) is 7.63. The Hall–Kier alpha value is -2.15. The Kier molecular flexibility index (Phi) is 5.86. The van der Waals surface area contributed by atoms with Crippen LogP contribution in [0.15, 0.2) is 53.2 Å². The summed E-state index contributed by atoms with van der Waals surface area (Å²) in [6, 6.07) is 13.3. The highest BCUT2D eigenvalue weighted by molar-refractivity contribution is 7.12. The van der Waals surface area contributed by atoms with Crippen molar-refractivity contribution in [2.45, 2.75) is 19.6 Å². The molecular weight excluding hydrogens is 354 g/mol. The number of amides is 1. The Morgan fingerprint density at radius 3 is 2.92 bits per heavy atom. The smallest absolute Gasteiger partial charge is 0.258 e. The number of aryl methyl sites for hydroxylation is 1. The van der Waals surface area contributed by atoms with Crippen molar-refractivity contribution in [3.05, 3.63) is 74.1 Å². The maximum atomic E-state index is 11.9. The summed E-state index contributed by atoms with van der Waals surface area (Å²) in [6.07, 6.45) is -0.606. The number of rotatable bonds is 7. The normalized spacial score (nSPS) is 11.9. The molecule has 2 N–H and O–H groups in total. The molecule has 1 atom stereocenters. The van der Waals surface area contributed by atoms with Gasteiger partial charge in [0.25, 0.3) is 5.91 Å². The van der Waals surface area contributed by atoms with Crippen molar-refractivity contribution in [3.63, 3.8) is 0 Å². The van der Waals surface area contributed by atoms with Crippen LogP contribution in [0.2, 0.25) is 0 Å². The molecule has 0 bridgehead atoms. The van der Waals surface area contributed by atoms with Gasteiger partial charge in [-0.15, -0.1) is 11.3 Å². The van der Waals surface area contributed by atoms with E-state index >= 15 is 0 Å². The zero-order valence-corrected chi connectivity index (χ0v) is 15.4. The summed E-state index contributed by atoms with van der Waals surface area (Å²) >= 11 is 3.06. The molecular formula is C19H19NO3S2. The van der Waals surface area contributed by atoms with E-state index in [1.807, 2.05) is 60.1 Å². The molecule has 0 radical (unpaired) electrons. The molecule has 1 aromatic carbocycles. The van der Waals surface area contributed by atoms with E-state index in [9.17, 15) is 9.90 Å². The molecule has 0 aliphatic carbocycles. The lowest BCUT2D eigenvalue weighted by Gasteiger charge is -2.07. The molecule has 130 valence electrons. The van der Waals surface area contributed by atoms with Gasteiger partial charge in [0.1, 0.15) is 11.9 Å². The molecule has 4 nitrogen and oxygen atoms in total. The second kappa shape index (κ2) is 8.29. The lowest BCUT2D eigenvalue weighted by molar-refractivity contribution is -0.123. The summed E-state index contributed by atoms with van der Waals surface area (Å²) in [5, 5.41) is 17.0. The fraction of sp³-hybridized carbons (Fsp3) is 0.211. The van der Waals surface area contributed by atoms with Crippen LogP contribution in [0.5, 0.6) is 5.75 Å². The number of aliphatic hydroxyl groups excluding tert-OH is 1. The van der Waals surface area contributed by atoms with Crippen LogP contribution in [0.25, 0.3) is 0 Å². The van der Waals surface area contributed by atoms with E-state index in [1.165, 1.54) is 11.3 Å². The molecule has 0 fully saturated rings. The monoisotopic (exact) mass is 373 g/mol. The second-order valence-electron chi connectivity index (χ2n) is 5.65. The van der Waals surface area contributed by atoms with Crippen LogP contribution < -0.4 is 10.1 Å². The Balaban J connectivity index is 1.48. The SMILES string of the molecule is Cc1cccc(OCC(=O)NCc2ccc(C(O)c3ccsc3)s2)c1. The highest BCUT2D eigenvalue weighted by atomic mass is 32.1. The Labute approximate surface area is 154 Å². The Bertz CT molecular complexity index is 827. The number of hydrogen-bond acceptors (Lipinski definition) is 5. The number of carbonyl (C=O) groups excluding carboxylic acids is 1. The van der Waals surface area contributed by atoms with Gasteiger partial charge in [-0.3, -0.25) is 4.79 Å². The number of benzene rings is 1. The molecule has 1 unspecified atom stereocenters. The molecule has 3 rings (SSSR count). The average Bonchev–Trinajstić information content (AvgIpc) is 3.29. The molecule has 0 aliphatic rings. The van der Waals surface area contributed by atoms with E-state index in [-0.39, 0.29) is 12.5 Å². The summed E-state index contributed by atoms with van der Waals surface area (Å²) in [6.45, 7) is 2.39. The largest absolute Gasteiger partial charge is 0.484 e. The summed E-state index contributed by atoms with van der Waals surface area (Å²) in [7, 11) is 0. The number of carbonyl (C=O) groups is 1. The highest BCUT2D eigenvalue weighted by Gasteiger charge is 2.13. The van der Waals surface area contributed by atoms with Crippen LogP contribution in [-0.4, -0.2) is 17.6 Å². The number of thiophene rings is 2. The maximum Gasteiger partial charge on any atom is 0.258 e. The van der Waals surface area contributed by atoms with Crippen LogP contribution in [-0.2, 0) is 11.3 Å². The quantitative estimate of drug-likeness (QED) is 0.660. The van der Waals surface area contributed by atoms with Gasteiger partial charge in [0.05, 0.1) is 6.54 Å². The average molecular weight is 373 g/mol. The van der Waals surface area contributed by atoms with Gasteiger partial charge in [0.2, 0.25) is 0 Å². The Morgan fingerprint density at radius 1 is 1.28 bits per heavy atom. The van der Waals surface area contributed by atoms with Crippen molar-refractivity contribution in [1.29, 1.82) is 0 Å². The molecule has 3 aromatic rings. The van der Waals surface area contributed by atoms with E-state index < -0.39 is 6.10 Å². The Morgan fingerprint density at radius 2 is 2.16 bits per heavy atom. The summed E-state index contributed by atoms with van der Waals surface area (Å²) < 4.78 is 5.48. The van der Waals surface area contributed by atoms with E-state index in [4.69, 9.17) is 4.74 Å². The molecule has 0 spiro atoms. The van der Waals surface area contributed by atoms with Crippen LogP contribution in [0.1, 0.15) is 27.0 Å². The summed E-state index contributed by atoms with van der Waals surface area (Å²) in [5.41, 5.74) is 1.99. The fourth-order valence-corrected chi connectivity index (χ4v) is 3.97. The van der Waals surface area contributed by atoms with Crippen LogP contribution in [0, 0.1) is 6.92 Å². The number of hydrogen-bond donors (Lipinski definition) is 2. The molecule has 2 aromatic heterocycles. The molecule has 0 saturated heterocycles. The van der Waals surface area contributed by atoms with E-state index in [0.717, 1.165) is 20.9 Å². The molecule has 0 aliphatic heterocycles. The van der Waals surface area contributed by atoms with Gasteiger partial charge in [-0.05, 0) is 59.1 Å². The maximum absolute atomic E-state index is 11.9. The highest BCUT2D eigenvalue weighted by Crippen LogP contribution is 2.29. The zero-order chi connectivity index (χ0) is 17.6. The summed E-state index contributed by atoms with van der Waals surface area (Å²) in [4.78, 5) is 13.8. The van der Waals surface area contributed by atoms with Crippen molar-refractivity contribution >= 4 is 28.6 Å². The number of nitrogens with one attached hydrogen (secondary N) is 1. The van der Waals surface area contributed by atoms with Crippen molar-refractivity contribution < 1.29 is 14.6 Å². The van der Waals surface area contributed by atoms with Crippen molar-refractivity contribution in [2.75, 3.05) is 6.61 Å². The predicted octanol–water partition coefficient (Wildman–Crippen LogP) is 3.89. The molecule has 2 heterocycles. The van der Waals surface area contributed by atoms with Crippen LogP contribution in [0.4, 0.5) is 0 Å². The first kappa shape index (κ1) is 17.7. The third kappa shape index (κ3) is 4.92. The zero-order valence-electron chi connectivity index (χ0n) is 13.8. The third-order valence-electron chi connectivity index (χ3n) is 3.63. The van der Waals surface area contributed by atoms with Crippen molar-refractivity contribution in [2.24, 2.45) is 0 Å². The van der Waals surface area contributed by atoms with E-state index in [0.29, 0.717) is 12.3 Å². The number of aliphatic hydroxyl groups is 1. The minimum atomic E-state index is -0.606. The van der Waals surface area contributed by atoms with Gasteiger partial charge in [-0.25, -0.2) is 0 Å². The van der Waals surface area contributed by atoms with Gasteiger partial charge in [0.15, 0.2) is 6.61 Å². The fourth-order valence-electron chi connectivity index (χ4n) is 2.32. The standard InChI is InChI=1S/C19H19NO3S2/c1-13-3-2-4-15(9-13)23-11-18(21)20-10-16-5-6-17(25-16)19(22)14-7-8-24-12-14/h2-9,12,19,22H,10-11H2,1H3,(H,20,21). The minimum Gasteiger partial charge on any atom is -0.484 e. The van der Waals surface area contributed by atoms with Gasteiger partial charge in [0, 0.05) is 9.75 Å². The number of ether oxygens (including phenoxy) is 1. The van der Waals surface area contributed by atoms with Gasteiger partial charge >= 0.3 is 0 Å². The molecule has 0 saturated carbocycles. The first-order valence-electron chi connectivity index (χ1n) is 7.87. The van der Waals surface area contributed by atoms with Gasteiger partial charge in [-0.1, -0.05) is 12.1 Å². The predicted molar refractivity (Wildman–Crippen MR) is 101 cm³/mol. The van der Waals surface area contributed by atoms with Crippen molar-refractivity contribution in [3.8, 4) is 5.75 Å². The summed E-state index contributed by atoms with van der Waals surface area (Å²) in [5.74, 6) is 0.516. The lowest BCUT2D eigenvalue weighted by atomic mass is 10.2. The minimum absolute atomic E-state index is 0.0147. The lowest BCUT2D eigenvalue weighted by Crippen LogP contribution is -2.28. The molecule has 25 heavy (non-hydrogen) atoms. The third-order valence-corrected chi connectivity index (χ3v) is 5.47. The van der Waals surface area contributed by atoms with Gasteiger partial charge in [-0.2, -0.15) is 11.3 Å². The van der Waals surface area contributed by atoms with Crippen molar-refractivity contribution in [1.82, 2.24) is 5.32 Å². The van der Waals surface area contributed by atoms with Crippen LogP contribution in [0.3, 0.4) is 0 Å². The van der Waals surface area contributed by atoms with Gasteiger partial charge < -0.3 is 15.2 Å². The first-order chi connectivity index (χ1) is 12.1. The molecule has 6 heteroatoms.